The second-order valence-electron chi connectivity index (χ2n) is 17.0. The van der Waals surface area contributed by atoms with Gasteiger partial charge in [-0.2, -0.15) is 0 Å². The van der Waals surface area contributed by atoms with E-state index < -0.39 is 30.0 Å². The van der Waals surface area contributed by atoms with Crippen LogP contribution in [-0.4, -0.2) is 114 Å². The van der Waals surface area contributed by atoms with Gasteiger partial charge < -0.3 is 47.2 Å². The van der Waals surface area contributed by atoms with E-state index in [4.69, 9.17) is 26.7 Å². The van der Waals surface area contributed by atoms with Gasteiger partial charge in [-0.3, -0.25) is 19.0 Å². The second kappa shape index (κ2) is 22.9. The topological polar surface area (TPSA) is 303 Å². The van der Waals surface area contributed by atoms with Gasteiger partial charge in [0.15, 0.2) is 17.2 Å². The molecular weight excluding hydrogens is 851 g/mol. The molecule has 21 heteroatoms. The van der Waals surface area contributed by atoms with Crippen molar-refractivity contribution in [2.45, 2.75) is 104 Å². The number of amides is 4. The number of ketones is 2. The lowest BCUT2D eigenvalue weighted by atomic mass is 9.88. The lowest BCUT2D eigenvalue weighted by Gasteiger charge is -2.36. The van der Waals surface area contributed by atoms with Gasteiger partial charge in [-0.25, -0.2) is 29.0 Å². The zero-order valence-electron chi connectivity index (χ0n) is 37.8. The predicted molar refractivity (Wildman–Crippen MR) is 245 cm³/mol. The molecule has 0 bridgehead atoms. The molecule has 4 amide bonds. The molecule has 3 heterocycles. The van der Waals surface area contributed by atoms with Crippen LogP contribution in [0.4, 0.5) is 15.4 Å². The normalized spacial score (nSPS) is 13.7. The maximum atomic E-state index is 13.7. The Bertz CT molecular complexity index is 2550. The van der Waals surface area contributed by atoms with Crippen LogP contribution in [0.5, 0.6) is 0 Å². The second-order valence-corrected chi connectivity index (χ2v) is 17.0. The van der Waals surface area contributed by atoms with Crippen LogP contribution in [0.2, 0.25) is 0 Å². The van der Waals surface area contributed by atoms with Gasteiger partial charge in [-0.05, 0) is 73.8 Å². The van der Waals surface area contributed by atoms with Crippen LogP contribution in [0.25, 0.3) is 22.2 Å². The Labute approximate surface area is 381 Å². The summed E-state index contributed by atoms with van der Waals surface area (Å²) in [5.74, 6) is -0.903. The highest BCUT2D eigenvalue weighted by molar-refractivity contribution is 5.93. The van der Waals surface area contributed by atoms with Gasteiger partial charge in [0.25, 0.3) is 0 Å². The number of H-pyrrole nitrogens is 1. The summed E-state index contributed by atoms with van der Waals surface area (Å²) >= 11 is 0. The summed E-state index contributed by atoms with van der Waals surface area (Å²) in [6.07, 6.45) is 3.12. The number of aryl methyl sites for hydroxylation is 1. The van der Waals surface area contributed by atoms with Crippen LogP contribution < -0.4 is 33.5 Å². The first-order valence-corrected chi connectivity index (χ1v) is 22.4. The third-order valence-corrected chi connectivity index (χ3v) is 11.8. The number of hydrogen-bond donors (Lipinski definition) is 6. The molecule has 354 valence electrons. The number of nitrogens with zero attached hydrogens (tertiary/aromatic N) is 7. The Morgan fingerprint density at radius 2 is 1.76 bits per heavy atom. The largest absolute Gasteiger partial charge is 0.445 e. The Balaban J connectivity index is 1.03. The van der Waals surface area contributed by atoms with E-state index >= 15 is 0 Å². The van der Waals surface area contributed by atoms with Gasteiger partial charge in [0.05, 0.1) is 37.9 Å². The fourth-order valence-corrected chi connectivity index (χ4v) is 7.86. The molecule has 5 aromatic rings. The van der Waals surface area contributed by atoms with Crippen molar-refractivity contribution in [1.29, 1.82) is 0 Å². The number of nitrogen functional groups attached to an aromatic ring is 1. The van der Waals surface area contributed by atoms with Crippen LogP contribution in [0.15, 0.2) is 47.3 Å². The van der Waals surface area contributed by atoms with Crippen molar-refractivity contribution in [3.05, 3.63) is 75.5 Å². The number of benzene rings is 2. The predicted octanol–water partition coefficient (Wildman–Crippen LogP) is 2.64. The number of primary amides is 1. The van der Waals surface area contributed by atoms with E-state index in [2.05, 4.69) is 35.9 Å². The molecular formula is C45H61N13O8. The highest BCUT2D eigenvalue weighted by atomic mass is 16.6. The van der Waals surface area contributed by atoms with E-state index in [1.165, 1.54) is 4.57 Å². The molecule has 1 fully saturated rings. The number of rotatable bonds is 25. The van der Waals surface area contributed by atoms with Gasteiger partial charge in [-0.1, -0.05) is 49.4 Å². The summed E-state index contributed by atoms with van der Waals surface area (Å²) in [6, 6.07) is 11.3. The summed E-state index contributed by atoms with van der Waals surface area (Å²) < 4.78 is 14.4. The molecule has 3 aromatic heterocycles. The maximum Gasteiger partial charge on any atom is 0.410 e. The Morgan fingerprint density at radius 3 is 2.45 bits per heavy atom. The molecule has 0 radical (unpaired) electrons. The first-order valence-electron chi connectivity index (χ1n) is 22.4. The van der Waals surface area contributed by atoms with Crippen LogP contribution in [0.1, 0.15) is 81.3 Å². The summed E-state index contributed by atoms with van der Waals surface area (Å²) in [5, 5.41) is 14.1. The van der Waals surface area contributed by atoms with E-state index in [1.54, 1.807) is 40.8 Å². The van der Waals surface area contributed by atoms with Crippen molar-refractivity contribution in [3.8, 4) is 0 Å². The lowest BCUT2D eigenvalue weighted by Crippen LogP contribution is -2.46. The molecule has 0 spiro atoms. The number of fused-ring (bicyclic) bond motifs is 2. The van der Waals surface area contributed by atoms with E-state index in [9.17, 15) is 28.8 Å². The van der Waals surface area contributed by atoms with Crippen LogP contribution in [0.3, 0.4) is 0 Å². The molecule has 1 aliphatic carbocycles. The molecule has 2 aromatic carbocycles. The number of urea groups is 1. The van der Waals surface area contributed by atoms with Gasteiger partial charge in [0.2, 0.25) is 5.91 Å². The average molecular weight is 912 g/mol. The quantitative estimate of drug-likeness (QED) is 0.0459. The van der Waals surface area contributed by atoms with Crippen LogP contribution in [0, 0.1) is 18.8 Å². The minimum atomic E-state index is -0.869. The summed E-state index contributed by atoms with van der Waals surface area (Å²) in [6.45, 7) is 7.53. The first kappa shape index (κ1) is 48.7. The molecule has 6 rings (SSSR count). The standard InChI is InChI=1S/C45H61N13O8/c1-27(2)34(24-33(59)15-20-65-21-16-46)42(61)52-35(8-5-17-49-43(48)62)38(60)23-29-9-11-30(12-10-29)26-66-45(64)56(32-6-4-7-32)18-19-58-37-14-13-31(22-36(37)54-55-58)25-57-41-39(53-44(57)63)40(47)50-28(3)51-41/h9-14,22,27,32,34-35H,4-8,15-21,23-26,46H2,1-3H3,(H,52,61)(H,53,63)(H2,47,50,51)(H3,48,49,62)/t34-,35-/m0/s1. The fourth-order valence-electron chi connectivity index (χ4n) is 7.86. The van der Waals surface area contributed by atoms with Gasteiger partial charge in [-0.15, -0.1) is 5.10 Å². The molecule has 0 aliphatic heterocycles. The SMILES string of the molecule is Cc1nc(N)c2[nH]c(=O)n(Cc3ccc4c(c3)nnn4CCN(C(=O)OCc3ccc(CC(=O)[C@H](CCCNC(N)=O)NC(=O)[C@@H](CC(=O)CCOCCN)C(C)C)cc3)C3CCC3)c2n1. The molecule has 21 nitrogen and oxygen atoms in total. The van der Waals surface area contributed by atoms with Crippen molar-refractivity contribution in [3.63, 3.8) is 0 Å². The van der Waals surface area contributed by atoms with E-state index in [0.29, 0.717) is 60.7 Å². The Kier molecular flexibility index (Phi) is 16.9. The van der Waals surface area contributed by atoms with Crippen molar-refractivity contribution in [1.82, 2.24) is 50.0 Å². The number of ether oxygens (including phenoxy) is 2. The highest BCUT2D eigenvalue weighted by Gasteiger charge is 2.31. The van der Waals surface area contributed by atoms with Gasteiger partial charge >= 0.3 is 17.8 Å². The minimum absolute atomic E-state index is 0.0118. The molecule has 0 unspecified atom stereocenters. The molecule has 0 saturated heterocycles. The number of anilines is 1. The van der Waals surface area contributed by atoms with E-state index in [1.807, 2.05) is 32.0 Å². The molecule has 2 atom stereocenters. The smallest absolute Gasteiger partial charge is 0.410 e. The third kappa shape index (κ3) is 13.0. The van der Waals surface area contributed by atoms with Crippen molar-refractivity contribution in [2.24, 2.45) is 23.3 Å². The van der Waals surface area contributed by atoms with Crippen LogP contribution >= 0.6 is 0 Å². The number of hydrogen-bond acceptors (Lipinski definition) is 14. The number of aromatic amines is 1. The summed E-state index contributed by atoms with van der Waals surface area (Å²) in [4.78, 5) is 90.5. The molecule has 9 N–H and O–H groups in total. The summed E-state index contributed by atoms with van der Waals surface area (Å²) in [5.41, 5.74) is 20.8. The van der Waals surface area contributed by atoms with Crippen molar-refractivity contribution < 1.29 is 33.4 Å². The monoisotopic (exact) mass is 911 g/mol. The number of imidazole rings is 1. The lowest BCUT2D eigenvalue weighted by molar-refractivity contribution is -0.133. The number of aromatic nitrogens is 7. The minimum Gasteiger partial charge on any atom is -0.445 e. The number of carbonyl (C=O) groups excluding carboxylic acids is 5. The fraction of sp³-hybridized carbons (Fsp3) is 0.511. The van der Waals surface area contributed by atoms with E-state index in [0.717, 1.165) is 35.9 Å². The van der Waals surface area contributed by atoms with E-state index in [-0.39, 0.29) is 87.0 Å². The molecule has 1 aliphatic rings. The maximum absolute atomic E-state index is 13.7. The van der Waals surface area contributed by atoms with Gasteiger partial charge in [0, 0.05) is 50.9 Å². The van der Waals surface area contributed by atoms with Crippen molar-refractivity contribution in [2.75, 3.05) is 38.6 Å². The Morgan fingerprint density at radius 1 is 1.02 bits per heavy atom. The molecule has 1 saturated carbocycles. The third-order valence-electron chi connectivity index (χ3n) is 11.8. The first-order chi connectivity index (χ1) is 31.7. The number of nitrogens with one attached hydrogen (secondary N) is 3. The van der Waals surface area contributed by atoms with Crippen LogP contribution in [-0.2, 0) is 50.0 Å². The number of carbonyl (C=O) groups is 5. The Hall–Kier alpha value is -6.74. The zero-order valence-corrected chi connectivity index (χ0v) is 37.8. The zero-order chi connectivity index (χ0) is 47.3. The highest BCUT2D eigenvalue weighted by Crippen LogP contribution is 2.26. The average Bonchev–Trinajstić information content (AvgIpc) is 3.81. The molecule has 66 heavy (non-hydrogen) atoms. The van der Waals surface area contributed by atoms with Crippen molar-refractivity contribution >= 4 is 57.6 Å². The number of Topliss-reactive ketones (excluding diaryl/α,β-unsaturated/α-hetero) is 2. The van der Waals surface area contributed by atoms with Gasteiger partial charge in [0.1, 0.15) is 29.2 Å². The summed E-state index contributed by atoms with van der Waals surface area (Å²) in [7, 11) is 0. The number of nitrogens with two attached hydrogens (primary N) is 3.